The second kappa shape index (κ2) is 5.23. The molecule has 1 aliphatic rings. The van der Waals surface area contributed by atoms with Gasteiger partial charge in [0.1, 0.15) is 5.82 Å². The van der Waals surface area contributed by atoms with E-state index in [1.54, 1.807) is 11.8 Å². The van der Waals surface area contributed by atoms with Gasteiger partial charge in [0.05, 0.1) is 13.2 Å². The molecule has 2 rings (SSSR count). The molecule has 1 heterocycles. The molecule has 82 valence electrons. The van der Waals surface area contributed by atoms with Gasteiger partial charge in [-0.2, -0.15) is 12.6 Å². The van der Waals surface area contributed by atoms with Crippen molar-refractivity contribution in [2.24, 2.45) is 5.92 Å². The van der Waals surface area contributed by atoms with Gasteiger partial charge in [-0.3, -0.25) is 0 Å². The maximum atomic E-state index is 12.6. The van der Waals surface area contributed by atoms with Gasteiger partial charge in [-0.25, -0.2) is 4.39 Å². The molecule has 1 aromatic carbocycles. The number of rotatable bonds is 3. The molecule has 0 aliphatic carbocycles. The number of hydrogen-bond acceptors (Lipinski definition) is 3. The zero-order valence-electron chi connectivity index (χ0n) is 8.23. The van der Waals surface area contributed by atoms with Crippen LogP contribution in [0.4, 0.5) is 4.39 Å². The smallest absolute Gasteiger partial charge is 0.123 e. The first-order valence-corrected chi connectivity index (χ1v) is 6.40. The second-order valence-electron chi connectivity index (χ2n) is 3.63. The van der Waals surface area contributed by atoms with Crippen molar-refractivity contribution in [3.05, 3.63) is 30.1 Å². The van der Waals surface area contributed by atoms with Crippen LogP contribution >= 0.6 is 24.4 Å². The first-order valence-electron chi connectivity index (χ1n) is 4.90. The van der Waals surface area contributed by atoms with Gasteiger partial charge in [0, 0.05) is 21.8 Å². The lowest BCUT2D eigenvalue weighted by Gasteiger charge is -2.11. The molecule has 0 saturated carbocycles. The van der Waals surface area contributed by atoms with E-state index in [-0.39, 0.29) is 5.82 Å². The van der Waals surface area contributed by atoms with Crippen LogP contribution in [0.25, 0.3) is 0 Å². The zero-order chi connectivity index (χ0) is 10.7. The molecule has 1 aromatic rings. The summed E-state index contributed by atoms with van der Waals surface area (Å²) in [6.45, 7) is 1.54. The number of halogens is 1. The van der Waals surface area contributed by atoms with E-state index < -0.39 is 0 Å². The van der Waals surface area contributed by atoms with Crippen LogP contribution in [-0.4, -0.2) is 24.2 Å². The molecule has 4 heteroatoms. The van der Waals surface area contributed by atoms with E-state index in [9.17, 15) is 4.39 Å². The molecule has 1 saturated heterocycles. The molecule has 0 spiro atoms. The normalized spacial score (nSPS) is 25.7. The van der Waals surface area contributed by atoms with Crippen LogP contribution in [0, 0.1) is 11.7 Å². The van der Waals surface area contributed by atoms with Gasteiger partial charge in [0.15, 0.2) is 0 Å². The third-order valence-electron chi connectivity index (χ3n) is 2.44. The molecule has 0 aromatic heterocycles. The summed E-state index contributed by atoms with van der Waals surface area (Å²) in [5.74, 6) is 1.30. The molecular formula is C11H13FOS2. The fourth-order valence-electron chi connectivity index (χ4n) is 1.48. The zero-order valence-corrected chi connectivity index (χ0v) is 9.94. The number of thioether (sulfide) groups is 1. The van der Waals surface area contributed by atoms with E-state index in [1.165, 1.54) is 12.1 Å². The summed E-state index contributed by atoms with van der Waals surface area (Å²) < 4.78 is 18.0. The lowest BCUT2D eigenvalue weighted by Crippen LogP contribution is -2.14. The molecule has 2 unspecified atom stereocenters. The summed E-state index contributed by atoms with van der Waals surface area (Å²) >= 11 is 6.19. The summed E-state index contributed by atoms with van der Waals surface area (Å²) in [7, 11) is 0. The highest BCUT2D eigenvalue weighted by Crippen LogP contribution is 2.27. The Kier molecular flexibility index (Phi) is 3.94. The Morgan fingerprint density at radius 2 is 2.07 bits per heavy atom. The maximum Gasteiger partial charge on any atom is 0.123 e. The molecule has 0 bridgehead atoms. The predicted molar refractivity (Wildman–Crippen MR) is 64.2 cm³/mol. The Bertz CT molecular complexity index is 315. The molecule has 0 radical (unpaired) electrons. The third kappa shape index (κ3) is 3.13. The molecular weight excluding hydrogens is 231 g/mol. The summed E-state index contributed by atoms with van der Waals surface area (Å²) in [4.78, 5) is 1.10. The van der Waals surface area contributed by atoms with Crippen LogP contribution in [0.1, 0.15) is 0 Å². The van der Waals surface area contributed by atoms with Gasteiger partial charge in [0.25, 0.3) is 0 Å². The minimum absolute atomic E-state index is 0.185. The molecule has 15 heavy (non-hydrogen) atoms. The fourth-order valence-corrected chi connectivity index (χ4v) is 2.98. The van der Waals surface area contributed by atoms with Gasteiger partial charge in [-0.15, -0.1) is 11.8 Å². The first kappa shape index (κ1) is 11.3. The Labute approximate surface area is 98.8 Å². The SMILES string of the molecule is Fc1ccc(SCC2COCC2S)cc1. The number of ether oxygens (including phenoxy) is 1. The molecule has 1 nitrogen and oxygen atoms in total. The van der Waals surface area contributed by atoms with Crippen molar-refractivity contribution in [2.75, 3.05) is 19.0 Å². The van der Waals surface area contributed by atoms with Crippen molar-refractivity contribution < 1.29 is 9.13 Å². The van der Waals surface area contributed by atoms with Crippen LogP contribution in [0.15, 0.2) is 29.2 Å². The minimum atomic E-state index is -0.185. The van der Waals surface area contributed by atoms with Crippen molar-refractivity contribution in [3.63, 3.8) is 0 Å². The quantitative estimate of drug-likeness (QED) is 0.647. The number of hydrogen-bond donors (Lipinski definition) is 1. The van der Waals surface area contributed by atoms with E-state index in [1.807, 2.05) is 12.1 Å². The van der Waals surface area contributed by atoms with Crippen molar-refractivity contribution in [1.29, 1.82) is 0 Å². The predicted octanol–water partition coefficient (Wildman–Crippen LogP) is 2.86. The monoisotopic (exact) mass is 244 g/mol. The lowest BCUT2D eigenvalue weighted by molar-refractivity contribution is 0.189. The summed E-state index contributed by atoms with van der Waals surface area (Å²) in [6, 6.07) is 6.60. The summed E-state index contributed by atoms with van der Waals surface area (Å²) in [6.07, 6.45) is 0. The average molecular weight is 244 g/mol. The van der Waals surface area contributed by atoms with Crippen molar-refractivity contribution in [1.82, 2.24) is 0 Å². The Balaban J connectivity index is 1.85. The van der Waals surface area contributed by atoms with Crippen molar-refractivity contribution in [3.8, 4) is 0 Å². The Hall–Kier alpha value is -0.190. The molecule has 2 atom stereocenters. The van der Waals surface area contributed by atoms with E-state index in [0.29, 0.717) is 11.2 Å². The first-order chi connectivity index (χ1) is 7.25. The molecule has 0 N–H and O–H groups in total. The summed E-state index contributed by atoms with van der Waals surface area (Å²) in [5, 5.41) is 0.345. The van der Waals surface area contributed by atoms with Crippen molar-refractivity contribution in [2.45, 2.75) is 10.1 Å². The number of thiol groups is 1. The second-order valence-corrected chi connectivity index (χ2v) is 5.39. The van der Waals surface area contributed by atoms with E-state index in [2.05, 4.69) is 12.6 Å². The van der Waals surface area contributed by atoms with Crippen LogP contribution in [0.5, 0.6) is 0 Å². The fraction of sp³-hybridized carbons (Fsp3) is 0.455. The summed E-state index contributed by atoms with van der Waals surface area (Å²) in [5.41, 5.74) is 0. The van der Waals surface area contributed by atoms with Crippen LogP contribution in [0.3, 0.4) is 0 Å². The van der Waals surface area contributed by atoms with E-state index in [4.69, 9.17) is 4.74 Å². The standard InChI is InChI=1S/C11H13FOS2/c12-9-1-3-10(4-2-9)15-7-8-5-13-6-11(8)14/h1-4,8,11,14H,5-7H2. The molecule has 0 amide bonds. The molecule has 1 fully saturated rings. The van der Waals surface area contributed by atoms with E-state index >= 15 is 0 Å². The van der Waals surface area contributed by atoms with Crippen LogP contribution in [0.2, 0.25) is 0 Å². The average Bonchev–Trinajstić information content (AvgIpc) is 2.63. The molecule has 1 aliphatic heterocycles. The number of benzene rings is 1. The highest BCUT2D eigenvalue weighted by Gasteiger charge is 2.24. The highest BCUT2D eigenvalue weighted by atomic mass is 32.2. The Morgan fingerprint density at radius 3 is 2.67 bits per heavy atom. The van der Waals surface area contributed by atoms with Gasteiger partial charge in [0.2, 0.25) is 0 Å². The lowest BCUT2D eigenvalue weighted by atomic mass is 10.1. The highest BCUT2D eigenvalue weighted by molar-refractivity contribution is 7.99. The van der Waals surface area contributed by atoms with Gasteiger partial charge < -0.3 is 4.74 Å². The Morgan fingerprint density at radius 1 is 1.33 bits per heavy atom. The van der Waals surface area contributed by atoms with Crippen LogP contribution in [-0.2, 0) is 4.74 Å². The van der Waals surface area contributed by atoms with E-state index in [0.717, 1.165) is 23.9 Å². The van der Waals surface area contributed by atoms with Gasteiger partial charge in [-0.1, -0.05) is 0 Å². The maximum absolute atomic E-state index is 12.6. The van der Waals surface area contributed by atoms with Gasteiger partial charge in [-0.05, 0) is 24.3 Å². The minimum Gasteiger partial charge on any atom is -0.380 e. The van der Waals surface area contributed by atoms with Crippen molar-refractivity contribution >= 4 is 24.4 Å². The largest absolute Gasteiger partial charge is 0.380 e. The van der Waals surface area contributed by atoms with Gasteiger partial charge >= 0.3 is 0 Å². The third-order valence-corrected chi connectivity index (χ3v) is 4.21. The topological polar surface area (TPSA) is 9.23 Å². The van der Waals surface area contributed by atoms with Crippen LogP contribution < -0.4 is 0 Å².